The number of hydrogen-bond donors (Lipinski definition) is 1. The van der Waals surface area contributed by atoms with Gasteiger partial charge in [-0.2, -0.15) is 0 Å². The van der Waals surface area contributed by atoms with Gasteiger partial charge in [0, 0.05) is 23.5 Å². The molecule has 236 valence electrons. The maximum Gasteiger partial charge on any atom is 0.264 e. The first-order valence-electron chi connectivity index (χ1n) is 15.0. The van der Waals surface area contributed by atoms with Crippen LogP contribution in [0, 0.1) is 13.8 Å². The molecule has 1 N–H and O–H groups in total. The number of anilines is 1. The van der Waals surface area contributed by atoms with Crippen molar-refractivity contribution in [3.8, 4) is 0 Å². The predicted octanol–water partition coefficient (Wildman–Crippen LogP) is 6.82. The lowest BCUT2D eigenvalue weighted by Crippen LogP contribution is -2.54. The van der Waals surface area contributed by atoms with Crippen LogP contribution in [0.15, 0.2) is 112 Å². The SMILES string of the molecule is CC[C@@H](C)NC(=O)[C@H](Cc1ccccc1)N(Cc1cccc(Br)c1)C(=O)CN(c1ccc(C)cc1C)S(=O)(=O)c1ccccc1. The van der Waals surface area contributed by atoms with E-state index in [4.69, 9.17) is 0 Å². The number of halogens is 1. The number of aryl methyl sites for hydroxylation is 2. The molecule has 4 aromatic rings. The number of rotatable bonds is 13. The maximum atomic E-state index is 14.6. The Balaban J connectivity index is 1.83. The van der Waals surface area contributed by atoms with E-state index < -0.39 is 28.5 Å². The van der Waals surface area contributed by atoms with Crippen LogP contribution < -0.4 is 9.62 Å². The van der Waals surface area contributed by atoms with E-state index in [-0.39, 0.29) is 29.8 Å². The molecule has 0 aliphatic carbocycles. The van der Waals surface area contributed by atoms with E-state index >= 15 is 0 Å². The normalized spacial score (nSPS) is 12.6. The Hall–Kier alpha value is -3.95. The van der Waals surface area contributed by atoms with Crippen LogP contribution in [-0.4, -0.2) is 43.8 Å². The number of nitrogens with zero attached hydrogens (tertiary/aromatic N) is 2. The summed E-state index contributed by atoms with van der Waals surface area (Å²) in [6.07, 6.45) is 0.983. The average molecular weight is 691 g/mol. The van der Waals surface area contributed by atoms with Crippen molar-refractivity contribution in [2.24, 2.45) is 0 Å². The summed E-state index contributed by atoms with van der Waals surface area (Å²) in [5, 5.41) is 3.06. The molecule has 0 radical (unpaired) electrons. The minimum atomic E-state index is -4.15. The van der Waals surface area contributed by atoms with E-state index in [9.17, 15) is 18.0 Å². The van der Waals surface area contributed by atoms with Crippen molar-refractivity contribution < 1.29 is 18.0 Å². The molecule has 0 aromatic heterocycles. The quantitative estimate of drug-likeness (QED) is 0.167. The van der Waals surface area contributed by atoms with Crippen LogP contribution in [0.2, 0.25) is 0 Å². The first-order valence-corrected chi connectivity index (χ1v) is 17.3. The van der Waals surface area contributed by atoms with Gasteiger partial charge in [0.1, 0.15) is 12.6 Å². The molecule has 0 aliphatic rings. The summed E-state index contributed by atoms with van der Waals surface area (Å²) in [5.74, 6) is -0.782. The number of carbonyl (C=O) groups excluding carboxylic acids is 2. The number of hydrogen-bond acceptors (Lipinski definition) is 4. The van der Waals surface area contributed by atoms with Crippen molar-refractivity contribution in [3.05, 3.63) is 130 Å². The van der Waals surface area contributed by atoms with E-state index in [0.717, 1.165) is 33.1 Å². The molecule has 0 aliphatic heterocycles. The highest BCUT2D eigenvalue weighted by Crippen LogP contribution is 2.28. The summed E-state index contributed by atoms with van der Waals surface area (Å²) < 4.78 is 30.4. The molecule has 0 spiro atoms. The molecule has 2 amide bonds. The fourth-order valence-corrected chi connectivity index (χ4v) is 7.09. The van der Waals surface area contributed by atoms with Gasteiger partial charge in [-0.15, -0.1) is 0 Å². The number of sulfonamides is 1. The minimum absolute atomic E-state index is 0.0756. The van der Waals surface area contributed by atoms with Crippen molar-refractivity contribution in [3.63, 3.8) is 0 Å². The highest BCUT2D eigenvalue weighted by Gasteiger charge is 2.35. The van der Waals surface area contributed by atoms with Crippen LogP contribution in [0.3, 0.4) is 0 Å². The summed E-state index contributed by atoms with van der Waals surface area (Å²) in [6.45, 7) is 7.29. The molecule has 7 nitrogen and oxygen atoms in total. The molecule has 0 saturated carbocycles. The topological polar surface area (TPSA) is 86.8 Å². The summed E-state index contributed by atoms with van der Waals surface area (Å²) >= 11 is 3.52. The number of nitrogens with one attached hydrogen (secondary N) is 1. The van der Waals surface area contributed by atoms with Gasteiger partial charge < -0.3 is 10.2 Å². The summed E-state index contributed by atoms with van der Waals surface area (Å²) in [5.41, 5.74) is 3.79. The van der Waals surface area contributed by atoms with Crippen LogP contribution in [0.25, 0.3) is 0 Å². The zero-order valence-electron chi connectivity index (χ0n) is 26.1. The highest BCUT2D eigenvalue weighted by atomic mass is 79.9. The van der Waals surface area contributed by atoms with Gasteiger partial charge in [0.15, 0.2) is 0 Å². The Bertz CT molecular complexity index is 1720. The lowest BCUT2D eigenvalue weighted by atomic mass is 10.0. The second kappa shape index (κ2) is 15.4. The van der Waals surface area contributed by atoms with Crippen LogP contribution >= 0.6 is 15.9 Å². The van der Waals surface area contributed by atoms with Gasteiger partial charge in [0.05, 0.1) is 10.6 Å². The van der Waals surface area contributed by atoms with E-state index in [2.05, 4.69) is 21.2 Å². The second-order valence-electron chi connectivity index (χ2n) is 11.3. The summed E-state index contributed by atoms with van der Waals surface area (Å²) in [6, 6.07) is 29.6. The number of carbonyl (C=O) groups is 2. The number of benzene rings is 4. The molecular weight excluding hydrogens is 650 g/mol. The van der Waals surface area contributed by atoms with Crippen molar-refractivity contribution in [1.29, 1.82) is 0 Å². The van der Waals surface area contributed by atoms with Crippen LogP contribution in [-0.2, 0) is 32.6 Å². The zero-order valence-corrected chi connectivity index (χ0v) is 28.5. The zero-order chi connectivity index (χ0) is 32.6. The lowest BCUT2D eigenvalue weighted by Gasteiger charge is -2.34. The monoisotopic (exact) mass is 689 g/mol. The third-order valence-corrected chi connectivity index (χ3v) is 10.0. The molecule has 2 atom stereocenters. The number of amides is 2. The summed E-state index contributed by atoms with van der Waals surface area (Å²) in [7, 11) is -4.15. The van der Waals surface area contributed by atoms with Gasteiger partial charge >= 0.3 is 0 Å². The Labute approximate surface area is 275 Å². The van der Waals surface area contributed by atoms with Gasteiger partial charge in [0.2, 0.25) is 11.8 Å². The largest absolute Gasteiger partial charge is 0.352 e. The standard InChI is InChI=1S/C36H40BrN3O4S/c1-5-28(4)38-36(42)34(23-29-13-8-6-9-14-29)39(24-30-15-12-16-31(37)22-30)35(41)25-40(33-20-19-26(2)21-27(33)3)45(43,44)32-17-10-7-11-18-32/h6-22,28,34H,5,23-25H2,1-4H3,(H,38,42)/t28-,34+/m1/s1. The molecule has 0 unspecified atom stereocenters. The van der Waals surface area contributed by atoms with E-state index in [1.54, 1.807) is 24.3 Å². The molecule has 9 heteroatoms. The maximum absolute atomic E-state index is 14.6. The van der Waals surface area contributed by atoms with Gasteiger partial charge in [-0.25, -0.2) is 8.42 Å². The van der Waals surface area contributed by atoms with E-state index in [1.165, 1.54) is 21.3 Å². The Kier molecular flexibility index (Phi) is 11.6. The van der Waals surface area contributed by atoms with Gasteiger partial charge in [-0.05, 0) is 74.2 Å². The second-order valence-corrected chi connectivity index (χ2v) is 14.1. The smallest absolute Gasteiger partial charge is 0.264 e. The molecule has 4 aromatic carbocycles. The molecule has 0 heterocycles. The first-order chi connectivity index (χ1) is 21.5. The molecular formula is C36H40BrN3O4S. The van der Waals surface area contributed by atoms with Crippen LogP contribution in [0.1, 0.15) is 42.5 Å². The highest BCUT2D eigenvalue weighted by molar-refractivity contribution is 9.10. The Morgan fingerprint density at radius 3 is 2.11 bits per heavy atom. The Morgan fingerprint density at radius 2 is 1.49 bits per heavy atom. The third-order valence-electron chi connectivity index (χ3n) is 7.75. The van der Waals surface area contributed by atoms with Gasteiger partial charge in [0.25, 0.3) is 10.0 Å². The van der Waals surface area contributed by atoms with Crippen molar-refractivity contribution in [2.45, 2.75) is 64.1 Å². The van der Waals surface area contributed by atoms with E-state index in [1.807, 2.05) is 94.4 Å². The third kappa shape index (κ3) is 8.83. The Morgan fingerprint density at radius 1 is 0.844 bits per heavy atom. The van der Waals surface area contributed by atoms with Crippen LogP contribution in [0.5, 0.6) is 0 Å². The lowest BCUT2D eigenvalue weighted by molar-refractivity contribution is -0.140. The molecule has 4 rings (SSSR count). The minimum Gasteiger partial charge on any atom is -0.352 e. The van der Waals surface area contributed by atoms with Crippen molar-refractivity contribution in [2.75, 3.05) is 10.8 Å². The predicted molar refractivity (Wildman–Crippen MR) is 183 cm³/mol. The average Bonchev–Trinajstić information content (AvgIpc) is 3.02. The van der Waals surface area contributed by atoms with Crippen molar-refractivity contribution >= 4 is 43.5 Å². The van der Waals surface area contributed by atoms with Crippen LogP contribution in [0.4, 0.5) is 5.69 Å². The van der Waals surface area contributed by atoms with Gasteiger partial charge in [-0.3, -0.25) is 13.9 Å². The molecule has 0 bridgehead atoms. The van der Waals surface area contributed by atoms with Crippen molar-refractivity contribution in [1.82, 2.24) is 10.2 Å². The molecule has 45 heavy (non-hydrogen) atoms. The fraction of sp³-hybridized carbons (Fsp3) is 0.278. The first kappa shape index (κ1) is 33.9. The molecule has 0 saturated heterocycles. The van der Waals surface area contributed by atoms with E-state index in [0.29, 0.717) is 5.69 Å². The van der Waals surface area contributed by atoms with Gasteiger partial charge in [-0.1, -0.05) is 101 Å². The fourth-order valence-electron chi connectivity index (χ4n) is 5.15. The summed E-state index contributed by atoms with van der Waals surface area (Å²) in [4.78, 5) is 30.1. The molecule has 0 fully saturated rings.